The second-order valence-corrected chi connectivity index (χ2v) is 2.96. The van der Waals surface area contributed by atoms with E-state index in [0.29, 0.717) is 12.3 Å². The maximum absolute atomic E-state index is 11.5. The van der Waals surface area contributed by atoms with Crippen molar-refractivity contribution in [2.24, 2.45) is 0 Å². The van der Waals surface area contributed by atoms with Gasteiger partial charge in [-0.25, -0.2) is 4.79 Å². The molecule has 0 amide bonds. The molecular formula is C10H10N2O2. The Bertz CT molecular complexity index is 505. The van der Waals surface area contributed by atoms with Crippen LogP contribution in [-0.2, 0) is 11.3 Å². The van der Waals surface area contributed by atoms with E-state index in [2.05, 4.69) is 4.98 Å². The van der Waals surface area contributed by atoms with Crippen molar-refractivity contribution in [1.82, 2.24) is 9.38 Å². The van der Waals surface area contributed by atoms with Crippen LogP contribution in [-0.4, -0.2) is 16.5 Å². The van der Waals surface area contributed by atoms with Gasteiger partial charge in [0.1, 0.15) is 0 Å². The third kappa shape index (κ3) is 1.52. The van der Waals surface area contributed by atoms with E-state index >= 15 is 0 Å². The fourth-order valence-corrected chi connectivity index (χ4v) is 1.35. The van der Waals surface area contributed by atoms with Crippen LogP contribution in [0.4, 0.5) is 0 Å². The minimum Gasteiger partial charge on any atom is -0.378 e. The molecule has 0 N–H and O–H groups in total. The largest absolute Gasteiger partial charge is 0.378 e. The average Bonchev–Trinajstić information content (AvgIpc) is 2.18. The first kappa shape index (κ1) is 8.90. The van der Waals surface area contributed by atoms with Crippen molar-refractivity contribution in [3.63, 3.8) is 0 Å². The van der Waals surface area contributed by atoms with E-state index < -0.39 is 0 Å². The summed E-state index contributed by atoms with van der Waals surface area (Å²) in [7, 11) is 1.58. The van der Waals surface area contributed by atoms with Crippen LogP contribution in [0.25, 0.3) is 5.52 Å². The first-order chi connectivity index (χ1) is 6.81. The number of nitrogens with zero attached hydrogens (tertiary/aromatic N) is 2. The first-order valence-electron chi connectivity index (χ1n) is 4.27. The van der Waals surface area contributed by atoms with Crippen molar-refractivity contribution in [2.75, 3.05) is 7.11 Å². The van der Waals surface area contributed by atoms with Crippen LogP contribution in [0, 0.1) is 0 Å². The summed E-state index contributed by atoms with van der Waals surface area (Å²) in [5, 5.41) is 0. The zero-order chi connectivity index (χ0) is 9.97. The molecule has 72 valence electrons. The molecule has 0 aliphatic heterocycles. The highest BCUT2D eigenvalue weighted by molar-refractivity contribution is 5.46. The predicted octanol–water partition coefficient (Wildman–Crippen LogP) is 0.841. The van der Waals surface area contributed by atoms with Crippen molar-refractivity contribution in [2.45, 2.75) is 6.61 Å². The molecule has 0 saturated carbocycles. The van der Waals surface area contributed by atoms with Crippen LogP contribution in [0.3, 0.4) is 0 Å². The van der Waals surface area contributed by atoms with E-state index in [0.717, 1.165) is 5.52 Å². The Balaban J connectivity index is 2.66. The molecule has 0 fully saturated rings. The SMILES string of the molecule is COCc1cc2ccccn2c(=O)n1. The summed E-state index contributed by atoms with van der Waals surface area (Å²) >= 11 is 0. The molecule has 2 heterocycles. The second-order valence-electron chi connectivity index (χ2n) is 2.96. The monoisotopic (exact) mass is 190 g/mol. The lowest BCUT2D eigenvalue weighted by Gasteiger charge is -2.01. The number of hydrogen-bond acceptors (Lipinski definition) is 3. The molecule has 4 nitrogen and oxygen atoms in total. The smallest absolute Gasteiger partial charge is 0.352 e. The second kappa shape index (κ2) is 3.59. The maximum atomic E-state index is 11.5. The minimum absolute atomic E-state index is 0.268. The number of pyridine rings is 1. The van der Waals surface area contributed by atoms with Gasteiger partial charge in [0.15, 0.2) is 0 Å². The number of hydrogen-bond donors (Lipinski definition) is 0. The Morgan fingerprint density at radius 2 is 2.36 bits per heavy atom. The summed E-state index contributed by atoms with van der Waals surface area (Å²) in [4.78, 5) is 15.3. The Hall–Kier alpha value is -1.68. The molecule has 4 heteroatoms. The molecule has 0 spiro atoms. The highest BCUT2D eigenvalue weighted by atomic mass is 16.5. The van der Waals surface area contributed by atoms with Gasteiger partial charge < -0.3 is 4.74 Å². The third-order valence-corrected chi connectivity index (χ3v) is 1.94. The lowest BCUT2D eigenvalue weighted by Crippen LogP contribution is -2.18. The standard InChI is InChI=1S/C10H10N2O2/c1-14-7-8-6-9-4-2-3-5-12(9)10(13)11-8/h2-6H,7H2,1H3. The zero-order valence-corrected chi connectivity index (χ0v) is 7.80. The van der Waals surface area contributed by atoms with E-state index in [4.69, 9.17) is 4.74 Å². The van der Waals surface area contributed by atoms with Crippen LogP contribution in [0.5, 0.6) is 0 Å². The molecule has 0 aliphatic carbocycles. The minimum atomic E-state index is -0.268. The van der Waals surface area contributed by atoms with Gasteiger partial charge in [-0.05, 0) is 18.2 Å². The maximum Gasteiger partial charge on any atom is 0.352 e. The normalized spacial score (nSPS) is 10.6. The molecule has 0 bridgehead atoms. The van der Waals surface area contributed by atoms with Crippen LogP contribution < -0.4 is 5.69 Å². The Morgan fingerprint density at radius 1 is 1.50 bits per heavy atom. The molecule has 2 aromatic heterocycles. The lowest BCUT2D eigenvalue weighted by molar-refractivity contribution is 0.181. The highest BCUT2D eigenvalue weighted by Gasteiger charge is 1.99. The molecule has 2 rings (SSSR count). The van der Waals surface area contributed by atoms with E-state index in [-0.39, 0.29) is 5.69 Å². The molecule has 14 heavy (non-hydrogen) atoms. The van der Waals surface area contributed by atoms with Crippen LogP contribution in [0.1, 0.15) is 5.69 Å². The molecule has 0 unspecified atom stereocenters. The fourth-order valence-electron chi connectivity index (χ4n) is 1.35. The topological polar surface area (TPSA) is 43.6 Å². The van der Waals surface area contributed by atoms with Crippen molar-refractivity contribution >= 4 is 5.52 Å². The predicted molar refractivity (Wildman–Crippen MR) is 52.2 cm³/mol. The Kier molecular flexibility index (Phi) is 2.28. The van der Waals surface area contributed by atoms with Crippen LogP contribution >= 0.6 is 0 Å². The molecule has 0 radical (unpaired) electrons. The quantitative estimate of drug-likeness (QED) is 0.704. The number of aromatic nitrogens is 2. The van der Waals surface area contributed by atoms with Crippen LogP contribution in [0.2, 0.25) is 0 Å². The summed E-state index contributed by atoms with van der Waals surface area (Å²) in [5.41, 5.74) is 1.22. The van der Waals surface area contributed by atoms with Crippen molar-refractivity contribution in [3.05, 3.63) is 46.6 Å². The molecule has 2 aromatic rings. The average molecular weight is 190 g/mol. The molecule has 0 saturated heterocycles. The highest BCUT2D eigenvalue weighted by Crippen LogP contribution is 2.02. The molecule has 0 atom stereocenters. The van der Waals surface area contributed by atoms with Gasteiger partial charge in [0, 0.05) is 13.3 Å². The van der Waals surface area contributed by atoms with Crippen molar-refractivity contribution < 1.29 is 4.74 Å². The van der Waals surface area contributed by atoms with Gasteiger partial charge in [-0.15, -0.1) is 0 Å². The summed E-state index contributed by atoms with van der Waals surface area (Å²) in [6.07, 6.45) is 1.70. The first-order valence-corrected chi connectivity index (χ1v) is 4.27. The van der Waals surface area contributed by atoms with Gasteiger partial charge in [-0.2, -0.15) is 4.98 Å². The molecule has 0 aliphatic rings. The third-order valence-electron chi connectivity index (χ3n) is 1.94. The number of fused-ring (bicyclic) bond motifs is 1. The summed E-state index contributed by atoms with van der Waals surface area (Å²) in [6.45, 7) is 0.362. The van der Waals surface area contributed by atoms with E-state index in [1.54, 1.807) is 19.4 Å². The number of rotatable bonds is 2. The van der Waals surface area contributed by atoms with E-state index in [1.165, 1.54) is 4.40 Å². The summed E-state index contributed by atoms with van der Waals surface area (Å²) in [6, 6.07) is 7.38. The molecule has 0 aromatic carbocycles. The van der Waals surface area contributed by atoms with Gasteiger partial charge in [0.05, 0.1) is 17.8 Å². The zero-order valence-electron chi connectivity index (χ0n) is 7.80. The number of ether oxygens (including phenoxy) is 1. The van der Waals surface area contributed by atoms with Gasteiger partial charge in [0.2, 0.25) is 0 Å². The van der Waals surface area contributed by atoms with Gasteiger partial charge >= 0.3 is 5.69 Å². The Morgan fingerprint density at radius 3 is 3.14 bits per heavy atom. The van der Waals surface area contributed by atoms with E-state index in [9.17, 15) is 4.79 Å². The van der Waals surface area contributed by atoms with Gasteiger partial charge in [0.25, 0.3) is 0 Å². The number of methoxy groups -OCH3 is 1. The Labute approximate surface area is 80.8 Å². The van der Waals surface area contributed by atoms with Crippen LogP contribution in [0.15, 0.2) is 35.3 Å². The summed E-state index contributed by atoms with van der Waals surface area (Å²) in [5.74, 6) is 0. The van der Waals surface area contributed by atoms with Gasteiger partial charge in [-0.3, -0.25) is 4.40 Å². The lowest BCUT2D eigenvalue weighted by atomic mass is 10.3. The van der Waals surface area contributed by atoms with Crippen molar-refractivity contribution in [3.8, 4) is 0 Å². The summed E-state index contributed by atoms with van der Waals surface area (Å²) < 4.78 is 6.42. The van der Waals surface area contributed by atoms with E-state index in [1.807, 2.05) is 18.2 Å². The van der Waals surface area contributed by atoms with Gasteiger partial charge in [-0.1, -0.05) is 6.07 Å². The molecular weight excluding hydrogens is 180 g/mol. The fraction of sp³-hybridized carbons (Fsp3) is 0.200. The van der Waals surface area contributed by atoms with Crippen molar-refractivity contribution in [1.29, 1.82) is 0 Å².